The van der Waals surface area contributed by atoms with Gasteiger partial charge in [0.05, 0.1) is 58.4 Å². The van der Waals surface area contributed by atoms with Gasteiger partial charge in [0.25, 0.3) is 0 Å². The van der Waals surface area contributed by atoms with Gasteiger partial charge in [-0.05, 0) is 113 Å². The molecule has 4 aliphatic heterocycles. The molecule has 19 nitrogen and oxygen atoms in total. The van der Waals surface area contributed by atoms with Crippen LogP contribution in [0.3, 0.4) is 0 Å². The van der Waals surface area contributed by atoms with Crippen LogP contribution < -0.4 is 41.5 Å². The van der Waals surface area contributed by atoms with E-state index in [2.05, 4.69) is 68.9 Å². The number of ether oxygens (including phenoxy) is 1. The summed E-state index contributed by atoms with van der Waals surface area (Å²) in [6.07, 6.45) is 15.9. The monoisotopic (exact) mass is 1040 g/mol. The second kappa shape index (κ2) is 19.8. The first-order chi connectivity index (χ1) is 35.6. The Labute approximate surface area is 434 Å². The molecule has 4 aliphatic rings. The molecule has 0 radical (unpaired) electrons. The molecule has 1 atom stereocenters. The molecule has 3 N–H and O–H groups in total. The maximum absolute atomic E-state index is 13.6. The van der Waals surface area contributed by atoms with Gasteiger partial charge in [-0.1, -0.05) is 17.7 Å². The number of para-hydroxylation sites is 1. The van der Waals surface area contributed by atoms with Crippen molar-refractivity contribution < 1.29 is 18.9 Å². The Morgan fingerprint density at radius 3 is 2.31 bits per heavy atom. The molecule has 7 aromatic rings. The normalized spacial score (nSPS) is 18.9. The highest BCUT2D eigenvalue weighted by Crippen LogP contribution is 2.47. The number of methoxy groups -OCH3 is 1. The number of hydrogen-bond acceptors (Lipinski definition) is 15. The lowest BCUT2D eigenvalue weighted by Crippen LogP contribution is -2.48. The zero-order chi connectivity index (χ0) is 51.5. The molecule has 8 heterocycles. The molecule has 4 fully saturated rings. The van der Waals surface area contributed by atoms with Crippen LogP contribution in [0, 0.1) is 11.3 Å². The number of nitrogens with zero attached hydrogens (tertiary/aromatic N) is 11. The summed E-state index contributed by atoms with van der Waals surface area (Å²) in [6.45, 7) is 10.4. The van der Waals surface area contributed by atoms with Gasteiger partial charge in [-0.2, -0.15) is 10.1 Å². The number of amides is 2. The number of likely N-dealkylation sites (tertiary alicyclic amines) is 1. The van der Waals surface area contributed by atoms with Crippen molar-refractivity contribution in [3.63, 3.8) is 0 Å². The van der Waals surface area contributed by atoms with E-state index in [0.717, 1.165) is 105 Å². The maximum atomic E-state index is 13.6. The predicted molar refractivity (Wildman–Crippen MR) is 291 cm³/mol. The van der Waals surface area contributed by atoms with Gasteiger partial charge >= 0.3 is 5.69 Å². The van der Waals surface area contributed by atoms with Gasteiger partial charge in [-0.3, -0.25) is 38.7 Å². The van der Waals surface area contributed by atoms with Gasteiger partial charge in [-0.15, -0.1) is 0 Å². The van der Waals surface area contributed by atoms with Crippen molar-refractivity contribution in [1.82, 2.24) is 49.1 Å². The molecule has 21 heteroatoms. The standard InChI is InChI=1S/C53H62ClN14O5P/c1-63-32-34(29-58-63)35-27-39(60-51-57-30-36(54)49(62-51)59-38-10-9-37-46(56-20-19-55-37)48(38)74(4,5)72)44(73-3)28-43(35)67-25-17-53(18-26-67)15-23-65(24-16-53)31-33-13-21-66(22-14-33)40-7-6-8-41-47(40)64(2)52(71)68(41)42-11-12-45(69)61-50(42)70/h6-10,19-20,27-30,32-33,42H,11-18,21-26,31H2,1-5H3,(H,61,69,70)(H2,57,59,60,62). The number of carbonyl (C=O) groups is 2. The van der Waals surface area contributed by atoms with Crippen molar-refractivity contribution in [2.24, 2.45) is 25.4 Å². The first-order valence-corrected chi connectivity index (χ1v) is 28.5. The molecule has 0 saturated carbocycles. The summed E-state index contributed by atoms with van der Waals surface area (Å²) in [5.74, 6) is 1.15. The van der Waals surface area contributed by atoms with Crippen molar-refractivity contribution in [3.8, 4) is 16.9 Å². The number of piperidine rings is 4. The minimum atomic E-state index is -2.84. The molecule has 3 aromatic carbocycles. The van der Waals surface area contributed by atoms with Crippen LogP contribution in [0.15, 0.2) is 78.2 Å². The number of carbonyl (C=O) groups excluding carboxylic acids is 2. The van der Waals surface area contributed by atoms with E-state index < -0.39 is 19.1 Å². The van der Waals surface area contributed by atoms with Gasteiger partial charge in [0.2, 0.25) is 17.8 Å². The van der Waals surface area contributed by atoms with E-state index in [1.165, 1.54) is 19.0 Å². The van der Waals surface area contributed by atoms with E-state index in [-0.39, 0.29) is 23.0 Å². The fourth-order valence-corrected chi connectivity index (χ4v) is 13.4. The van der Waals surface area contributed by atoms with Gasteiger partial charge in [0.1, 0.15) is 29.5 Å². The number of imidazole rings is 1. The van der Waals surface area contributed by atoms with E-state index in [1.54, 1.807) is 49.0 Å². The lowest BCUT2D eigenvalue weighted by Gasteiger charge is -2.48. The summed E-state index contributed by atoms with van der Waals surface area (Å²) in [4.78, 5) is 64.1. The minimum absolute atomic E-state index is 0.215. The van der Waals surface area contributed by atoms with Gasteiger partial charge in [-0.25, -0.2) is 9.78 Å². The smallest absolute Gasteiger partial charge is 0.329 e. The molecular weight excluding hydrogens is 979 g/mol. The predicted octanol–water partition coefficient (Wildman–Crippen LogP) is 7.45. The Morgan fingerprint density at radius 2 is 1.59 bits per heavy atom. The Morgan fingerprint density at radius 1 is 0.851 bits per heavy atom. The second-order valence-electron chi connectivity index (χ2n) is 20.9. The quantitative estimate of drug-likeness (QED) is 0.0804. The van der Waals surface area contributed by atoms with Crippen molar-refractivity contribution in [3.05, 3.63) is 89.0 Å². The molecule has 0 aliphatic carbocycles. The summed E-state index contributed by atoms with van der Waals surface area (Å²) >= 11 is 6.70. The molecule has 74 heavy (non-hydrogen) atoms. The summed E-state index contributed by atoms with van der Waals surface area (Å²) in [5, 5.41) is 14.5. The van der Waals surface area contributed by atoms with Crippen LogP contribution in [0.5, 0.6) is 5.75 Å². The average molecular weight is 1040 g/mol. The lowest BCUT2D eigenvalue weighted by molar-refractivity contribution is -0.135. The fraction of sp³-hybridized carbons (Fsp3) is 0.434. The number of aryl methyl sites for hydroxylation is 2. The molecule has 1 unspecified atom stereocenters. The highest BCUT2D eigenvalue weighted by atomic mass is 35.5. The van der Waals surface area contributed by atoms with Crippen molar-refractivity contribution in [1.29, 1.82) is 0 Å². The van der Waals surface area contributed by atoms with Crippen LogP contribution in [0.1, 0.15) is 57.4 Å². The first-order valence-electron chi connectivity index (χ1n) is 25.5. The Bertz CT molecular complexity index is 3420. The third-order valence-corrected chi connectivity index (χ3v) is 17.7. The number of halogens is 1. The minimum Gasteiger partial charge on any atom is -0.494 e. The van der Waals surface area contributed by atoms with Crippen LogP contribution in [0.2, 0.25) is 5.02 Å². The molecular formula is C53H62ClN14O5P. The zero-order valence-corrected chi connectivity index (χ0v) is 44.1. The van der Waals surface area contributed by atoms with Crippen LogP contribution in [0.25, 0.3) is 33.2 Å². The number of anilines is 6. The average Bonchev–Trinajstić information content (AvgIpc) is 3.95. The molecule has 386 valence electrons. The summed E-state index contributed by atoms with van der Waals surface area (Å²) in [7, 11) is 2.53. The number of hydrogen-bond donors (Lipinski definition) is 3. The van der Waals surface area contributed by atoms with Gasteiger partial charge < -0.3 is 34.6 Å². The molecule has 11 rings (SSSR count). The molecule has 0 bridgehead atoms. The lowest BCUT2D eigenvalue weighted by atomic mass is 9.71. The van der Waals surface area contributed by atoms with Crippen LogP contribution in [-0.4, -0.2) is 122 Å². The maximum Gasteiger partial charge on any atom is 0.329 e. The number of aromatic nitrogens is 8. The van der Waals surface area contributed by atoms with E-state index >= 15 is 0 Å². The second-order valence-corrected chi connectivity index (χ2v) is 24.4. The van der Waals surface area contributed by atoms with Crippen LogP contribution in [-0.2, 0) is 28.2 Å². The van der Waals surface area contributed by atoms with Crippen molar-refractivity contribution >= 4 is 92.4 Å². The number of benzene rings is 3. The largest absolute Gasteiger partial charge is 0.494 e. The number of nitrogens with one attached hydrogen (secondary N) is 3. The van der Waals surface area contributed by atoms with Crippen LogP contribution >= 0.6 is 18.7 Å². The third-order valence-electron chi connectivity index (χ3n) is 15.9. The zero-order valence-electron chi connectivity index (χ0n) is 42.5. The van der Waals surface area contributed by atoms with Crippen LogP contribution in [0.4, 0.5) is 34.5 Å². The topological polar surface area (TPSA) is 203 Å². The van der Waals surface area contributed by atoms with Gasteiger partial charge in [0, 0.05) is 94.7 Å². The highest BCUT2D eigenvalue weighted by molar-refractivity contribution is 7.71. The third kappa shape index (κ3) is 9.49. The molecule has 1 spiro atoms. The van der Waals surface area contributed by atoms with E-state index in [4.69, 9.17) is 21.3 Å². The van der Waals surface area contributed by atoms with Crippen molar-refractivity contribution in [2.75, 3.05) is 86.7 Å². The Kier molecular flexibility index (Phi) is 13.2. The molecule has 4 saturated heterocycles. The summed E-state index contributed by atoms with van der Waals surface area (Å²) in [5.41, 5.74) is 8.18. The molecule has 4 aromatic heterocycles. The number of rotatable bonds is 12. The summed E-state index contributed by atoms with van der Waals surface area (Å²) in [6, 6.07) is 13.1. The van der Waals surface area contributed by atoms with Gasteiger partial charge in [0.15, 0.2) is 5.82 Å². The Balaban J connectivity index is 0.738. The molecule has 2 amide bonds. The highest BCUT2D eigenvalue weighted by Gasteiger charge is 2.39. The SMILES string of the molecule is COc1cc(N2CCC3(CCN(CC4CCN(c5cccc6c5n(C)c(=O)n6C5CCC(=O)NC5=O)CC4)CC3)CC2)c(-c2cnn(C)c2)cc1Nc1ncc(Cl)c(Nc2ccc3nccnc3c2P(C)(C)=O)n1. The number of imide groups is 1. The first kappa shape index (κ1) is 49.4. The number of fused-ring (bicyclic) bond motifs is 2. The van der Waals surface area contributed by atoms with E-state index in [1.807, 2.05) is 48.4 Å². The van der Waals surface area contributed by atoms with Crippen molar-refractivity contribution in [2.45, 2.75) is 57.4 Å². The Hall–Kier alpha value is -6.82. The van der Waals surface area contributed by atoms with E-state index in [9.17, 15) is 18.9 Å². The summed E-state index contributed by atoms with van der Waals surface area (Å²) < 4.78 is 24.7. The fourth-order valence-electron chi connectivity index (χ4n) is 11.9. The van der Waals surface area contributed by atoms with E-state index in [0.29, 0.717) is 63.0 Å².